The molecule has 1 aromatic heterocycles. The lowest BCUT2D eigenvalue weighted by Gasteiger charge is -2.23. The third-order valence-corrected chi connectivity index (χ3v) is 3.59. The summed E-state index contributed by atoms with van der Waals surface area (Å²) in [6, 6.07) is 12.0. The van der Waals surface area contributed by atoms with Crippen LogP contribution in [0.5, 0.6) is 0 Å². The molecule has 1 heterocycles. The minimum atomic E-state index is -0.268. The standard InChI is InChI=1S/C18H22FN3O.2ClH/c1-20-12-9-18(23)22(13-10-17-4-2-3-11-21-17)14-15-5-7-16(19)8-6-15;;/h2-8,11,20H,9-10,12-14H2,1H3;2*1H. The van der Waals surface area contributed by atoms with E-state index in [0.29, 0.717) is 32.5 Å². The van der Waals surface area contributed by atoms with Crippen LogP contribution in [0.15, 0.2) is 48.7 Å². The first-order valence-corrected chi connectivity index (χ1v) is 7.76. The van der Waals surface area contributed by atoms with Gasteiger partial charge in [-0.05, 0) is 36.9 Å². The SMILES string of the molecule is CNCCC(=O)N(CCc1ccccn1)Cc1ccc(F)cc1.Cl.Cl. The van der Waals surface area contributed by atoms with Gasteiger partial charge in [-0.25, -0.2) is 4.39 Å². The van der Waals surface area contributed by atoms with E-state index >= 15 is 0 Å². The average molecular weight is 388 g/mol. The molecule has 0 aliphatic heterocycles. The number of halogens is 3. The zero-order chi connectivity index (χ0) is 16.5. The molecule has 0 fully saturated rings. The van der Waals surface area contributed by atoms with Gasteiger partial charge < -0.3 is 10.2 Å². The Bertz CT molecular complexity index is 611. The van der Waals surface area contributed by atoms with E-state index in [2.05, 4.69) is 10.3 Å². The quantitative estimate of drug-likeness (QED) is 0.755. The van der Waals surface area contributed by atoms with E-state index in [1.807, 2.05) is 25.2 Å². The van der Waals surface area contributed by atoms with E-state index in [0.717, 1.165) is 11.3 Å². The Morgan fingerprint density at radius 3 is 2.48 bits per heavy atom. The Morgan fingerprint density at radius 1 is 1.16 bits per heavy atom. The molecule has 1 aromatic carbocycles. The van der Waals surface area contributed by atoms with Crippen LogP contribution in [0.1, 0.15) is 17.7 Å². The first kappa shape index (κ1) is 23.3. The highest BCUT2D eigenvalue weighted by atomic mass is 35.5. The number of carbonyl (C=O) groups is 1. The molecule has 138 valence electrons. The van der Waals surface area contributed by atoms with E-state index in [1.54, 1.807) is 23.2 Å². The first-order valence-electron chi connectivity index (χ1n) is 7.76. The third kappa shape index (κ3) is 8.29. The van der Waals surface area contributed by atoms with Crippen LogP contribution < -0.4 is 5.32 Å². The summed E-state index contributed by atoms with van der Waals surface area (Å²) in [4.78, 5) is 18.5. The molecule has 1 N–H and O–H groups in total. The predicted molar refractivity (Wildman–Crippen MR) is 103 cm³/mol. The van der Waals surface area contributed by atoms with E-state index in [4.69, 9.17) is 0 Å². The van der Waals surface area contributed by atoms with Crippen molar-refractivity contribution in [2.24, 2.45) is 0 Å². The molecule has 7 heteroatoms. The van der Waals surface area contributed by atoms with Crippen LogP contribution in [0.2, 0.25) is 0 Å². The second-order valence-corrected chi connectivity index (χ2v) is 5.37. The van der Waals surface area contributed by atoms with Gasteiger partial charge in [0, 0.05) is 44.4 Å². The number of amides is 1. The number of rotatable bonds is 8. The lowest BCUT2D eigenvalue weighted by molar-refractivity contribution is -0.131. The van der Waals surface area contributed by atoms with Crippen LogP contribution in [-0.4, -0.2) is 35.9 Å². The van der Waals surface area contributed by atoms with E-state index in [9.17, 15) is 9.18 Å². The number of hydrogen-bond donors (Lipinski definition) is 1. The normalized spacial score (nSPS) is 9.68. The third-order valence-electron chi connectivity index (χ3n) is 3.59. The monoisotopic (exact) mass is 387 g/mol. The second-order valence-electron chi connectivity index (χ2n) is 5.37. The smallest absolute Gasteiger partial charge is 0.224 e. The van der Waals surface area contributed by atoms with Crippen LogP contribution in [0, 0.1) is 5.82 Å². The number of aromatic nitrogens is 1. The molecule has 1 amide bonds. The van der Waals surface area contributed by atoms with Gasteiger partial charge in [0.25, 0.3) is 0 Å². The molecular formula is C18H24Cl2FN3O. The van der Waals surface area contributed by atoms with E-state index in [-0.39, 0.29) is 36.5 Å². The highest BCUT2D eigenvalue weighted by molar-refractivity contribution is 5.85. The topological polar surface area (TPSA) is 45.2 Å². The lowest BCUT2D eigenvalue weighted by atomic mass is 10.2. The van der Waals surface area contributed by atoms with Crippen LogP contribution in [0.4, 0.5) is 4.39 Å². The highest BCUT2D eigenvalue weighted by Gasteiger charge is 2.14. The number of pyridine rings is 1. The van der Waals surface area contributed by atoms with Gasteiger partial charge in [0.15, 0.2) is 0 Å². The summed E-state index contributed by atoms with van der Waals surface area (Å²) in [5, 5.41) is 2.99. The Labute approximate surface area is 160 Å². The molecule has 0 atom stereocenters. The van der Waals surface area contributed by atoms with Crippen LogP contribution in [-0.2, 0) is 17.8 Å². The molecule has 0 saturated heterocycles. The molecule has 0 unspecified atom stereocenters. The molecule has 0 spiro atoms. The van der Waals surface area contributed by atoms with Crippen molar-refractivity contribution >= 4 is 30.7 Å². The van der Waals surface area contributed by atoms with Crippen molar-refractivity contribution in [2.45, 2.75) is 19.4 Å². The summed E-state index contributed by atoms with van der Waals surface area (Å²) >= 11 is 0. The van der Waals surface area contributed by atoms with Crippen molar-refractivity contribution in [3.63, 3.8) is 0 Å². The van der Waals surface area contributed by atoms with Gasteiger partial charge in [-0.3, -0.25) is 9.78 Å². The maximum Gasteiger partial charge on any atom is 0.224 e. The van der Waals surface area contributed by atoms with Gasteiger partial charge in [-0.2, -0.15) is 0 Å². The number of carbonyl (C=O) groups excluding carboxylic acids is 1. The van der Waals surface area contributed by atoms with Crippen molar-refractivity contribution in [1.82, 2.24) is 15.2 Å². The minimum absolute atomic E-state index is 0. The summed E-state index contributed by atoms with van der Waals surface area (Å²) in [6.45, 7) is 1.72. The summed E-state index contributed by atoms with van der Waals surface area (Å²) in [6.07, 6.45) is 2.90. The van der Waals surface area contributed by atoms with Crippen molar-refractivity contribution in [3.05, 3.63) is 65.7 Å². The number of hydrogen-bond acceptors (Lipinski definition) is 3. The van der Waals surface area contributed by atoms with Crippen LogP contribution in [0.25, 0.3) is 0 Å². The van der Waals surface area contributed by atoms with E-state index < -0.39 is 0 Å². The fourth-order valence-corrected chi connectivity index (χ4v) is 2.29. The molecule has 2 aromatic rings. The molecule has 0 aliphatic carbocycles. The molecular weight excluding hydrogens is 364 g/mol. The van der Waals surface area contributed by atoms with Crippen molar-refractivity contribution in [1.29, 1.82) is 0 Å². The maximum absolute atomic E-state index is 13.0. The Morgan fingerprint density at radius 2 is 1.88 bits per heavy atom. The summed E-state index contributed by atoms with van der Waals surface area (Å²) < 4.78 is 13.0. The van der Waals surface area contributed by atoms with Gasteiger partial charge in [-0.1, -0.05) is 18.2 Å². The van der Waals surface area contributed by atoms with Gasteiger partial charge >= 0.3 is 0 Å². The van der Waals surface area contributed by atoms with Gasteiger partial charge in [-0.15, -0.1) is 24.8 Å². The van der Waals surface area contributed by atoms with Crippen molar-refractivity contribution < 1.29 is 9.18 Å². The van der Waals surface area contributed by atoms with Crippen molar-refractivity contribution in [2.75, 3.05) is 20.1 Å². The summed E-state index contributed by atoms with van der Waals surface area (Å²) in [5.74, 6) is -0.185. The fourth-order valence-electron chi connectivity index (χ4n) is 2.29. The fraction of sp³-hybridized carbons (Fsp3) is 0.333. The van der Waals surface area contributed by atoms with Gasteiger partial charge in [0.1, 0.15) is 5.82 Å². The Balaban J connectivity index is 0.00000288. The Hall–Kier alpha value is -1.69. The summed E-state index contributed by atoms with van der Waals surface area (Å²) in [5.41, 5.74) is 1.88. The first-order chi connectivity index (χ1) is 11.2. The summed E-state index contributed by atoms with van der Waals surface area (Å²) in [7, 11) is 1.82. The zero-order valence-corrected chi connectivity index (χ0v) is 15.8. The molecule has 25 heavy (non-hydrogen) atoms. The number of nitrogens with zero attached hydrogens (tertiary/aromatic N) is 2. The molecule has 2 rings (SSSR count). The lowest BCUT2D eigenvalue weighted by Crippen LogP contribution is -2.34. The van der Waals surface area contributed by atoms with E-state index in [1.165, 1.54) is 12.1 Å². The largest absolute Gasteiger partial charge is 0.338 e. The predicted octanol–water partition coefficient (Wildman–Crippen LogP) is 3.25. The number of benzene rings is 1. The highest BCUT2D eigenvalue weighted by Crippen LogP contribution is 2.09. The maximum atomic E-state index is 13.0. The molecule has 0 bridgehead atoms. The van der Waals surface area contributed by atoms with Crippen LogP contribution >= 0.6 is 24.8 Å². The zero-order valence-electron chi connectivity index (χ0n) is 14.2. The minimum Gasteiger partial charge on any atom is -0.338 e. The molecule has 0 radical (unpaired) electrons. The van der Waals surface area contributed by atoms with Crippen molar-refractivity contribution in [3.8, 4) is 0 Å². The van der Waals surface area contributed by atoms with Gasteiger partial charge in [0.05, 0.1) is 0 Å². The number of nitrogens with one attached hydrogen (secondary N) is 1. The second kappa shape index (κ2) is 12.6. The van der Waals surface area contributed by atoms with Crippen LogP contribution in [0.3, 0.4) is 0 Å². The Kier molecular flexibility index (Phi) is 11.8. The molecule has 0 aliphatic rings. The molecule has 4 nitrogen and oxygen atoms in total. The van der Waals surface area contributed by atoms with Gasteiger partial charge in [0.2, 0.25) is 5.91 Å². The average Bonchev–Trinajstić information content (AvgIpc) is 2.59. The molecule has 0 saturated carbocycles.